The van der Waals surface area contributed by atoms with Crippen LogP contribution in [0.4, 0.5) is 0 Å². The lowest BCUT2D eigenvalue weighted by Gasteiger charge is -2.33. The first-order valence-corrected chi connectivity index (χ1v) is 7.42. The van der Waals surface area contributed by atoms with Crippen molar-refractivity contribution in [2.75, 3.05) is 13.1 Å². The van der Waals surface area contributed by atoms with E-state index in [-0.39, 0.29) is 17.7 Å². The van der Waals surface area contributed by atoms with Gasteiger partial charge in [-0.3, -0.25) is 9.89 Å². The lowest BCUT2D eigenvalue weighted by molar-refractivity contribution is 0.0244. The number of carbonyl (C=O) groups excluding carboxylic acids is 1. The van der Waals surface area contributed by atoms with E-state index in [9.17, 15) is 9.90 Å². The minimum absolute atomic E-state index is 0.124. The molecule has 2 rings (SSSR count). The highest BCUT2D eigenvalue weighted by molar-refractivity contribution is 9.10. The predicted octanol–water partition coefficient (Wildman–Crippen LogP) is 2.14. The van der Waals surface area contributed by atoms with E-state index in [1.165, 1.54) is 0 Å². The van der Waals surface area contributed by atoms with Crippen molar-refractivity contribution in [3.8, 4) is 0 Å². The third-order valence-electron chi connectivity index (χ3n) is 3.72. The van der Waals surface area contributed by atoms with Crippen LogP contribution in [0.3, 0.4) is 0 Å². The van der Waals surface area contributed by atoms with Crippen molar-refractivity contribution in [2.45, 2.75) is 39.2 Å². The zero-order valence-electron chi connectivity index (χ0n) is 11.5. The van der Waals surface area contributed by atoms with E-state index in [4.69, 9.17) is 0 Å². The average molecular weight is 330 g/mol. The van der Waals surface area contributed by atoms with Gasteiger partial charge in [-0.15, -0.1) is 0 Å². The molecule has 0 aromatic carbocycles. The highest BCUT2D eigenvalue weighted by atomic mass is 79.9. The number of aromatic nitrogens is 2. The second-order valence-corrected chi connectivity index (χ2v) is 6.33. The molecule has 6 heteroatoms. The number of H-pyrrole nitrogens is 1. The van der Waals surface area contributed by atoms with Gasteiger partial charge >= 0.3 is 0 Å². The maximum atomic E-state index is 12.4. The number of rotatable bonds is 2. The summed E-state index contributed by atoms with van der Waals surface area (Å²) >= 11 is 3.44. The summed E-state index contributed by atoms with van der Waals surface area (Å²) in [6.07, 6.45) is 0.381. The largest absolute Gasteiger partial charge is 0.391 e. The van der Waals surface area contributed by atoms with Crippen molar-refractivity contribution in [1.29, 1.82) is 0 Å². The minimum Gasteiger partial charge on any atom is -0.391 e. The molecular formula is C13H20BrN3O2. The molecule has 1 aliphatic rings. The van der Waals surface area contributed by atoms with Crippen LogP contribution in [0.2, 0.25) is 0 Å². The Morgan fingerprint density at radius 3 is 2.79 bits per heavy atom. The monoisotopic (exact) mass is 329 g/mol. The number of amides is 1. The lowest BCUT2D eigenvalue weighted by atomic mass is 9.96. The summed E-state index contributed by atoms with van der Waals surface area (Å²) in [4.78, 5) is 14.1. The standard InChI is InChI=1S/C13H20BrN3O2/c1-7(2)11-10(14)12(16-15-11)13(19)17-5-4-8(3)9(18)6-17/h7-9,18H,4-6H2,1-3H3,(H,15,16). The Kier molecular flexibility index (Phi) is 4.30. The minimum atomic E-state index is -0.444. The van der Waals surface area contributed by atoms with Gasteiger partial charge in [0.2, 0.25) is 0 Å². The smallest absolute Gasteiger partial charge is 0.275 e. The first-order valence-electron chi connectivity index (χ1n) is 6.63. The Morgan fingerprint density at radius 1 is 1.58 bits per heavy atom. The molecule has 5 nitrogen and oxygen atoms in total. The number of β-amino-alcohol motifs (C(OH)–C–C–N with tert-alkyl or cyclic N) is 1. The Labute approximate surface area is 121 Å². The summed E-state index contributed by atoms with van der Waals surface area (Å²) in [6.45, 7) is 7.15. The number of nitrogens with zero attached hydrogens (tertiary/aromatic N) is 2. The van der Waals surface area contributed by atoms with Crippen LogP contribution in [0.15, 0.2) is 4.47 Å². The number of aromatic amines is 1. The molecule has 0 aliphatic carbocycles. The van der Waals surface area contributed by atoms with Crippen LogP contribution < -0.4 is 0 Å². The van der Waals surface area contributed by atoms with Gasteiger partial charge in [-0.25, -0.2) is 0 Å². The zero-order valence-corrected chi connectivity index (χ0v) is 13.1. The molecule has 1 fully saturated rings. The van der Waals surface area contributed by atoms with Gasteiger partial charge in [0.1, 0.15) is 0 Å². The van der Waals surface area contributed by atoms with E-state index in [1.54, 1.807) is 4.90 Å². The molecule has 1 aromatic heterocycles. The molecule has 0 radical (unpaired) electrons. The van der Waals surface area contributed by atoms with Gasteiger partial charge in [0.05, 0.1) is 16.3 Å². The fourth-order valence-corrected chi connectivity index (χ4v) is 3.05. The van der Waals surface area contributed by atoms with Gasteiger partial charge in [-0.05, 0) is 34.2 Å². The van der Waals surface area contributed by atoms with Crippen molar-refractivity contribution in [1.82, 2.24) is 15.1 Å². The highest BCUT2D eigenvalue weighted by Crippen LogP contribution is 2.27. The van der Waals surface area contributed by atoms with Crippen molar-refractivity contribution in [3.05, 3.63) is 15.9 Å². The Hall–Kier alpha value is -0.880. The molecule has 0 spiro atoms. The van der Waals surface area contributed by atoms with Crippen molar-refractivity contribution >= 4 is 21.8 Å². The summed E-state index contributed by atoms with van der Waals surface area (Å²) in [6, 6.07) is 0. The number of halogens is 1. The topological polar surface area (TPSA) is 69.2 Å². The molecule has 2 N–H and O–H groups in total. The Balaban J connectivity index is 2.16. The van der Waals surface area contributed by atoms with E-state index < -0.39 is 6.10 Å². The van der Waals surface area contributed by atoms with Crippen LogP contribution in [0.1, 0.15) is 49.3 Å². The molecule has 0 saturated carbocycles. The van der Waals surface area contributed by atoms with Gasteiger partial charge < -0.3 is 10.0 Å². The maximum absolute atomic E-state index is 12.4. The van der Waals surface area contributed by atoms with E-state index in [0.29, 0.717) is 18.8 Å². The van der Waals surface area contributed by atoms with Crippen LogP contribution in [-0.2, 0) is 0 Å². The van der Waals surface area contributed by atoms with Crippen molar-refractivity contribution in [2.24, 2.45) is 5.92 Å². The van der Waals surface area contributed by atoms with Gasteiger partial charge in [0.15, 0.2) is 5.69 Å². The third kappa shape index (κ3) is 2.84. The number of nitrogens with one attached hydrogen (secondary N) is 1. The second-order valence-electron chi connectivity index (χ2n) is 5.54. The molecule has 106 valence electrons. The summed E-state index contributed by atoms with van der Waals surface area (Å²) in [5.74, 6) is 0.397. The number of hydrogen-bond acceptors (Lipinski definition) is 3. The predicted molar refractivity (Wildman–Crippen MR) is 76.1 cm³/mol. The molecule has 1 saturated heterocycles. The van der Waals surface area contributed by atoms with Crippen molar-refractivity contribution in [3.63, 3.8) is 0 Å². The van der Waals surface area contributed by atoms with Crippen LogP contribution in [-0.4, -0.2) is 45.3 Å². The molecule has 19 heavy (non-hydrogen) atoms. The number of aliphatic hydroxyl groups is 1. The molecule has 1 aromatic rings. The second kappa shape index (κ2) is 5.63. The van der Waals surface area contributed by atoms with Gasteiger partial charge in [0.25, 0.3) is 5.91 Å². The molecule has 1 amide bonds. The summed E-state index contributed by atoms with van der Waals surface area (Å²) in [5.41, 5.74) is 1.33. The van der Waals surface area contributed by atoms with E-state index in [0.717, 1.165) is 16.6 Å². The van der Waals surface area contributed by atoms with E-state index in [2.05, 4.69) is 26.1 Å². The van der Waals surface area contributed by atoms with Crippen LogP contribution >= 0.6 is 15.9 Å². The Morgan fingerprint density at radius 2 is 2.26 bits per heavy atom. The van der Waals surface area contributed by atoms with Gasteiger partial charge in [-0.1, -0.05) is 20.8 Å². The fraction of sp³-hybridized carbons (Fsp3) is 0.692. The molecule has 2 heterocycles. The van der Waals surface area contributed by atoms with E-state index >= 15 is 0 Å². The molecule has 2 atom stereocenters. The Bertz CT molecular complexity index is 472. The normalized spacial score (nSPS) is 24.0. The molecule has 1 aliphatic heterocycles. The number of carbonyl (C=O) groups is 1. The molecule has 2 unspecified atom stereocenters. The fourth-order valence-electron chi connectivity index (χ4n) is 2.25. The highest BCUT2D eigenvalue weighted by Gasteiger charge is 2.30. The van der Waals surface area contributed by atoms with Crippen molar-refractivity contribution < 1.29 is 9.90 Å². The van der Waals surface area contributed by atoms with E-state index in [1.807, 2.05) is 20.8 Å². The van der Waals surface area contributed by atoms with Crippen LogP contribution in [0, 0.1) is 5.92 Å². The number of hydrogen-bond donors (Lipinski definition) is 2. The van der Waals surface area contributed by atoms with Crippen LogP contribution in [0.5, 0.6) is 0 Å². The average Bonchev–Trinajstić information content (AvgIpc) is 2.74. The quantitative estimate of drug-likeness (QED) is 0.873. The molecular weight excluding hydrogens is 310 g/mol. The van der Waals surface area contributed by atoms with Crippen LogP contribution in [0.25, 0.3) is 0 Å². The summed E-state index contributed by atoms with van der Waals surface area (Å²) in [5, 5.41) is 16.9. The number of aliphatic hydroxyl groups excluding tert-OH is 1. The number of piperidine rings is 1. The SMILES string of the molecule is CC(C)c1[nH]nc(C(=O)N2CCC(C)C(O)C2)c1Br. The number of likely N-dealkylation sites (tertiary alicyclic amines) is 1. The first-order chi connectivity index (χ1) is 8.91. The first kappa shape index (κ1) is 14.5. The summed E-state index contributed by atoms with van der Waals surface area (Å²) < 4.78 is 0.737. The molecule has 0 bridgehead atoms. The lowest BCUT2D eigenvalue weighted by Crippen LogP contribution is -2.46. The zero-order chi connectivity index (χ0) is 14.2. The summed E-state index contributed by atoms with van der Waals surface area (Å²) in [7, 11) is 0. The van der Waals surface area contributed by atoms with Gasteiger partial charge in [-0.2, -0.15) is 5.10 Å². The maximum Gasteiger partial charge on any atom is 0.275 e. The third-order valence-corrected chi connectivity index (χ3v) is 4.52. The van der Waals surface area contributed by atoms with Gasteiger partial charge in [0, 0.05) is 13.1 Å².